The molecule has 0 saturated heterocycles. The van der Waals surface area contributed by atoms with Crippen LogP contribution in [0.5, 0.6) is 0 Å². The Morgan fingerprint density at radius 3 is 0.636 bits per heavy atom. The van der Waals surface area contributed by atoms with Gasteiger partial charge in [0.25, 0.3) is 0 Å². The fourth-order valence-electron chi connectivity index (χ4n) is 0.458. The van der Waals surface area contributed by atoms with Crippen molar-refractivity contribution in [1.82, 2.24) is 0 Å². The van der Waals surface area contributed by atoms with Crippen molar-refractivity contribution in [2.75, 3.05) is 19.8 Å². The molecule has 0 aromatic rings. The van der Waals surface area contributed by atoms with Gasteiger partial charge in [-0.3, -0.25) is 0 Å². The third-order valence-corrected chi connectivity index (χ3v) is 3.33. The summed E-state index contributed by atoms with van der Waals surface area (Å²) in [7, 11) is 0. The molecule has 0 spiro atoms. The first-order chi connectivity index (χ1) is 9.54. The van der Waals surface area contributed by atoms with Gasteiger partial charge in [-0.1, -0.05) is 20.8 Å². The number of rotatable bonds is 6. The molecule has 6 unspecified atom stereocenters. The number of aliphatic hydroxyl groups excluding tert-OH is 6. The van der Waals surface area contributed by atoms with Crippen LogP contribution in [0.1, 0.15) is 41.5 Å². The summed E-state index contributed by atoms with van der Waals surface area (Å²) >= 11 is 0. The van der Waals surface area contributed by atoms with Gasteiger partial charge in [0, 0.05) is 37.6 Å². The zero-order chi connectivity index (χ0) is 17.6. The molecule has 0 radical (unpaired) electrons. The Morgan fingerprint density at radius 2 is 0.636 bits per heavy atom. The minimum Gasteiger partial charge on any atom is -0.396 e. The molecule has 7 heteroatoms. The van der Waals surface area contributed by atoms with Crippen molar-refractivity contribution < 1.29 is 48.0 Å². The van der Waals surface area contributed by atoms with Crippen LogP contribution in [0.2, 0.25) is 0 Å². The Hall–Kier alpha value is 0.292. The van der Waals surface area contributed by atoms with Gasteiger partial charge in [-0.15, -0.1) is 0 Å². The molecule has 0 saturated carbocycles. The van der Waals surface area contributed by atoms with E-state index in [1.807, 2.05) is 0 Å². The SMILES string of the molecule is CC(O)C(C)CO.CC(O)C(C)CO.CC(O)C(C)CO.[Cr+2]. The summed E-state index contributed by atoms with van der Waals surface area (Å²) in [6.07, 6.45) is -1.15. The Kier molecular flexibility index (Phi) is 26.6. The molecule has 0 heterocycles. The van der Waals surface area contributed by atoms with E-state index in [9.17, 15) is 0 Å². The molecule has 0 aliphatic heterocycles. The maximum absolute atomic E-state index is 8.66. The van der Waals surface area contributed by atoms with Crippen LogP contribution in [0.4, 0.5) is 0 Å². The Bertz CT molecular complexity index is 169. The molecule has 6 atom stereocenters. The van der Waals surface area contributed by atoms with Crippen molar-refractivity contribution in [2.45, 2.75) is 59.9 Å². The number of aliphatic hydroxyl groups is 6. The van der Waals surface area contributed by atoms with Crippen LogP contribution < -0.4 is 0 Å². The van der Waals surface area contributed by atoms with Crippen LogP contribution in [0.25, 0.3) is 0 Å². The summed E-state index contributed by atoms with van der Waals surface area (Å²) in [5, 5.41) is 51.0. The van der Waals surface area contributed by atoms with Gasteiger partial charge < -0.3 is 30.6 Å². The van der Waals surface area contributed by atoms with Gasteiger partial charge in [0.1, 0.15) is 0 Å². The first-order valence-electron chi connectivity index (χ1n) is 7.41. The van der Waals surface area contributed by atoms with Crippen LogP contribution in [-0.4, -0.2) is 68.8 Å². The largest absolute Gasteiger partial charge is 2.00 e. The maximum Gasteiger partial charge on any atom is 2.00 e. The monoisotopic (exact) mass is 364 g/mol. The molecule has 0 aromatic heterocycles. The molecule has 136 valence electrons. The third-order valence-electron chi connectivity index (χ3n) is 3.33. The molecule has 0 aliphatic carbocycles. The smallest absolute Gasteiger partial charge is 0.396 e. The standard InChI is InChI=1S/3C5H12O2.Cr/c3*1-4(3-6)5(2)7;/h3*4-7H,3H2,1-2H3;/q;;;+2. The summed E-state index contributed by atoms with van der Waals surface area (Å²) in [4.78, 5) is 0. The third kappa shape index (κ3) is 22.6. The maximum atomic E-state index is 8.66. The molecule has 0 amide bonds. The topological polar surface area (TPSA) is 121 Å². The average Bonchev–Trinajstić information content (AvgIpc) is 2.45. The van der Waals surface area contributed by atoms with E-state index in [1.54, 1.807) is 41.5 Å². The van der Waals surface area contributed by atoms with Crippen LogP contribution in [0.3, 0.4) is 0 Å². The molecule has 0 aromatic carbocycles. The van der Waals surface area contributed by atoms with Gasteiger partial charge in [0.05, 0.1) is 18.3 Å². The Balaban J connectivity index is -0.000000108. The van der Waals surface area contributed by atoms with Crippen LogP contribution in [-0.2, 0) is 17.4 Å². The summed E-state index contributed by atoms with van der Waals surface area (Å²) < 4.78 is 0. The van der Waals surface area contributed by atoms with Crippen LogP contribution in [0.15, 0.2) is 0 Å². The quantitative estimate of drug-likeness (QED) is 0.394. The van der Waals surface area contributed by atoms with Crippen LogP contribution in [0, 0.1) is 17.8 Å². The predicted octanol–water partition coefficient (Wildman–Crippen LogP) is -0.0157. The summed E-state index contributed by atoms with van der Waals surface area (Å²) in [5.74, 6) is 0.0417. The molecule has 6 N–H and O–H groups in total. The minimum absolute atomic E-state index is 0. The molecule has 0 rings (SSSR count). The first kappa shape index (κ1) is 30.2. The van der Waals surface area contributed by atoms with Gasteiger partial charge in [-0.2, -0.15) is 0 Å². The van der Waals surface area contributed by atoms with E-state index in [-0.39, 0.29) is 73.2 Å². The second-order valence-electron chi connectivity index (χ2n) is 5.70. The molecule has 0 fully saturated rings. The molecule has 6 nitrogen and oxygen atoms in total. The van der Waals surface area contributed by atoms with Gasteiger partial charge in [-0.05, 0) is 20.8 Å². The van der Waals surface area contributed by atoms with E-state index in [1.165, 1.54) is 0 Å². The van der Waals surface area contributed by atoms with Crippen molar-refractivity contribution >= 4 is 0 Å². The summed E-state index contributed by atoms with van der Waals surface area (Å²) in [6.45, 7) is 10.6. The molecule has 0 aliphatic rings. The van der Waals surface area contributed by atoms with E-state index in [4.69, 9.17) is 30.6 Å². The molecule has 22 heavy (non-hydrogen) atoms. The van der Waals surface area contributed by atoms with Crippen molar-refractivity contribution in [3.05, 3.63) is 0 Å². The minimum atomic E-state index is -0.384. The first-order valence-corrected chi connectivity index (χ1v) is 7.41. The second-order valence-corrected chi connectivity index (χ2v) is 5.70. The average molecular weight is 364 g/mol. The number of hydrogen-bond donors (Lipinski definition) is 6. The van der Waals surface area contributed by atoms with Gasteiger partial charge in [-0.25, -0.2) is 0 Å². The van der Waals surface area contributed by atoms with Gasteiger partial charge in [0.2, 0.25) is 0 Å². The van der Waals surface area contributed by atoms with Crippen molar-refractivity contribution in [3.8, 4) is 0 Å². The Labute approximate surface area is 145 Å². The van der Waals surface area contributed by atoms with E-state index < -0.39 is 0 Å². The predicted molar refractivity (Wildman–Crippen MR) is 83.8 cm³/mol. The fraction of sp³-hybridized carbons (Fsp3) is 1.00. The van der Waals surface area contributed by atoms with E-state index in [0.29, 0.717) is 0 Å². The van der Waals surface area contributed by atoms with Crippen molar-refractivity contribution in [1.29, 1.82) is 0 Å². The van der Waals surface area contributed by atoms with Crippen molar-refractivity contribution in [3.63, 3.8) is 0 Å². The van der Waals surface area contributed by atoms with Gasteiger partial charge >= 0.3 is 17.4 Å². The molecule has 0 bridgehead atoms. The van der Waals surface area contributed by atoms with Crippen molar-refractivity contribution in [2.24, 2.45) is 17.8 Å². The van der Waals surface area contributed by atoms with E-state index in [2.05, 4.69) is 0 Å². The van der Waals surface area contributed by atoms with Crippen LogP contribution >= 0.6 is 0 Å². The zero-order valence-electron chi connectivity index (χ0n) is 14.7. The zero-order valence-corrected chi connectivity index (χ0v) is 16.0. The molecular weight excluding hydrogens is 328 g/mol. The second kappa shape index (κ2) is 19.3. The van der Waals surface area contributed by atoms with E-state index >= 15 is 0 Å². The Morgan fingerprint density at radius 1 is 0.500 bits per heavy atom. The van der Waals surface area contributed by atoms with Gasteiger partial charge in [0.15, 0.2) is 0 Å². The molecular formula is C15H36CrO6+2. The summed E-state index contributed by atoms with van der Waals surface area (Å²) in [6, 6.07) is 0. The normalized spacial score (nSPS) is 18.0. The fourth-order valence-corrected chi connectivity index (χ4v) is 0.458. The van der Waals surface area contributed by atoms with E-state index in [0.717, 1.165) is 0 Å². The summed E-state index contributed by atoms with van der Waals surface area (Å²) in [5.41, 5.74) is 0. The number of hydrogen-bond acceptors (Lipinski definition) is 6.